The van der Waals surface area contributed by atoms with Crippen LogP contribution in [0.4, 0.5) is 0 Å². The fraction of sp³-hybridized carbons (Fsp3) is 0.238. The average Bonchev–Trinajstić information content (AvgIpc) is 3.26. The molecule has 1 aliphatic heterocycles. The predicted molar refractivity (Wildman–Crippen MR) is 99.8 cm³/mol. The summed E-state index contributed by atoms with van der Waals surface area (Å²) in [5, 5.41) is 1.34. The van der Waals surface area contributed by atoms with E-state index in [9.17, 15) is 0 Å². The molecule has 2 aliphatic rings. The highest BCUT2D eigenvalue weighted by Gasteiger charge is 2.21. The van der Waals surface area contributed by atoms with Crippen LogP contribution >= 0.6 is 11.3 Å². The van der Waals surface area contributed by atoms with Crippen molar-refractivity contribution >= 4 is 27.0 Å². The van der Waals surface area contributed by atoms with Gasteiger partial charge in [0.05, 0.1) is 0 Å². The molecule has 120 valence electrons. The minimum absolute atomic E-state index is 0.321. The van der Waals surface area contributed by atoms with Crippen LogP contribution in [-0.4, -0.2) is 6.79 Å². The second-order valence-corrected chi connectivity index (χ2v) is 7.40. The molecular formula is C21H18O2S. The highest BCUT2D eigenvalue weighted by atomic mass is 32.1. The summed E-state index contributed by atoms with van der Waals surface area (Å²) in [5.41, 5.74) is 4.08. The van der Waals surface area contributed by atoms with Crippen molar-refractivity contribution in [3.05, 3.63) is 53.4 Å². The molecule has 0 N–H and O–H groups in total. The first kappa shape index (κ1) is 14.1. The summed E-state index contributed by atoms with van der Waals surface area (Å²) in [4.78, 5) is 1.43. The predicted octanol–water partition coefficient (Wildman–Crippen LogP) is 6.25. The summed E-state index contributed by atoms with van der Waals surface area (Å²) in [7, 11) is 0. The lowest BCUT2D eigenvalue weighted by atomic mass is 9.93. The zero-order chi connectivity index (χ0) is 15.9. The number of benzene rings is 2. The molecule has 1 aromatic heterocycles. The Labute approximate surface area is 145 Å². The number of rotatable bonds is 2. The van der Waals surface area contributed by atoms with E-state index in [1.807, 2.05) is 17.4 Å². The molecule has 2 aromatic carbocycles. The standard InChI is InChI=1S/C21H18O2S/c1-2-6-14(7-3-1)21-20(16-8-4-5-9-19(16)24-21)15-10-11-17-18(12-15)23-13-22-17/h4-6,8-12H,1-3,7,13H2. The average molecular weight is 334 g/mol. The van der Waals surface area contributed by atoms with Crippen molar-refractivity contribution in [2.75, 3.05) is 6.79 Å². The van der Waals surface area contributed by atoms with Gasteiger partial charge in [0.2, 0.25) is 6.79 Å². The van der Waals surface area contributed by atoms with Crippen molar-refractivity contribution in [1.82, 2.24) is 0 Å². The maximum absolute atomic E-state index is 5.60. The second-order valence-electron chi connectivity index (χ2n) is 6.35. The van der Waals surface area contributed by atoms with Crippen molar-refractivity contribution in [2.24, 2.45) is 0 Å². The van der Waals surface area contributed by atoms with E-state index in [2.05, 4.69) is 42.5 Å². The summed E-state index contributed by atoms with van der Waals surface area (Å²) in [6.45, 7) is 0.321. The lowest BCUT2D eigenvalue weighted by Crippen LogP contribution is -1.93. The van der Waals surface area contributed by atoms with Crippen molar-refractivity contribution < 1.29 is 9.47 Å². The zero-order valence-electron chi connectivity index (χ0n) is 13.4. The molecule has 0 spiro atoms. The second kappa shape index (κ2) is 5.67. The minimum atomic E-state index is 0.321. The van der Waals surface area contributed by atoms with Crippen LogP contribution in [0.5, 0.6) is 11.5 Å². The number of ether oxygens (including phenoxy) is 2. The number of thiophene rings is 1. The van der Waals surface area contributed by atoms with E-state index in [4.69, 9.17) is 9.47 Å². The summed E-state index contributed by atoms with van der Waals surface area (Å²) < 4.78 is 12.4. The molecule has 3 aromatic rings. The van der Waals surface area contributed by atoms with Gasteiger partial charge in [-0.05, 0) is 55.0 Å². The summed E-state index contributed by atoms with van der Waals surface area (Å²) in [6.07, 6.45) is 7.42. The summed E-state index contributed by atoms with van der Waals surface area (Å²) in [6, 6.07) is 15.0. The van der Waals surface area contributed by atoms with Crippen LogP contribution in [0.25, 0.3) is 26.8 Å². The van der Waals surface area contributed by atoms with Crippen LogP contribution in [0.1, 0.15) is 30.6 Å². The molecule has 3 heteroatoms. The van der Waals surface area contributed by atoms with Gasteiger partial charge in [0, 0.05) is 20.5 Å². The van der Waals surface area contributed by atoms with Crippen molar-refractivity contribution in [3.8, 4) is 22.6 Å². The molecule has 0 radical (unpaired) electrons. The van der Waals surface area contributed by atoms with Crippen LogP contribution in [0, 0.1) is 0 Å². The third-order valence-corrected chi connectivity index (χ3v) is 6.09. The molecule has 0 saturated carbocycles. The van der Waals surface area contributed by atoms with Crippen LogP contribution < -0.4 is 9.47 Å². The Morgan fingerprint density at radius 1 is 0.917 bits per heavy atom. The van der Waals surface area contributed by atoms with Crippen molar-refractivity contribution in [3.63, 3.8) is 0 Å². The summed E-state index contributed by atoms with van der Waals surface area (Å²) in [5.74, 6) is 1.70. The summed E-state index contributed by atoms with van der Waals surface area (Å²) >= 11 is 1.92. The van der Waals surface area contributed by atoms with Gasteiger partial charge in [0.25, 0.3) is 0 Å². The lowest BCUT2D eigenvalue weighted by molar-refractivity contribution is 0.174. The van der Waals surface area contributed by atoms with Gasteiger partial charge < -0.3 is 9.47 Å². The molecule has 1 aliphatic carbocycles. The Morgan fingerprint density at radius 3 is 2.75 bits per heavy atom. The SMILES string of the molecule is C1=C(c2sc3ccccc3c2-c2ccc3c(c2)OCO3)CCCC1. The zero-order valence-corrected chi connectivity index (χ0v) is 14.2. The van der Waals surface area contributed by atoms with Gasteiger partial charge in [-0.3, -0.25) is 0 Å². The Morgan fingerprint density at radius 2 is 1.83 bits per heavy atom. The minimum Gasteiger partial charge on any atom is -0.454 e. The monoisotopic (exact) mass is 334 g/mol. The van der Waals surface area contributed by atoms with Crippen molar-refractivity contribution in [2.45, 2.75) is 25.7 Å². The molecule has 2 heterocycles. The molecule has 0 saturated heterocycles. The number of allylic oxidation sites excluding steroid dienone is 2. The van der Waals surface area contributed by atoms with Gasteiger partial charge in [0.15, 0.2) is 11.5 Å². The van der Waals surface area contributed by atoms with E-state index >= 15 is 0 Å². The third-order valence-electron chi connectivity index (χ3n) is 4.84. The largest absolute Gasteiger partial charge is 0.454 e. The Hall–Kier alpha value is -2.26. The molecule has 5 rings (SSSR count). The smallest absolute Gasteiger partial charge is 0.231 e. The molecule has 0 fully saturated rings. The highest BCUT2D eigenvalue weighted by Crippen LogP contribution is 2.46. The fourth-order valence-corrected chi connectivity index (χ4v) is 4.95. The van der Waals surface area contributed by atoms with Crippen LogP contribution in [0.15, 0.2) is 48.5 Å². The van der Waals surface area contributed by atoms with Crippen LogP contribution in [0.3, 0.4) is 0 Å². The molecule has 0 unspecified atom stereocenters. The fourth-order valence-electron chi connectivity index (χ4n) is 3.65. The van der Waals surface area contributed by atoms with Crippen LogP contribution in [-0.2, 0) is 0 Å². The van der Waals surface area contributed by atoms with E-state index in [1.165, 1.54) is 57.3 Å². The molecule has 0 bridgehead atoms. The normalized spacial score (nSPS) is 16.4. The van der Waals surface area contributed by atoms with Gasteiger partial charge in [-0.1, -0.05) is 30.3 Å². The van der Waals surface area contributed by atoms with Gasteiger partial charge in [-0.2, -0.15) is 0 Å². The Balaban J connectivity index is 1.75. The topological polar surface area (TPSA) is 18.5 Å². The third kappa shape index (κ3) is 2.23. The van der Waals surface area contributed by atoms with Gasteiger partial charge >= 0.3 is 0 Å². The number of fused-ring (bicyclic) bond motifs is 2. The number of hydrogen-bond donors (Lipinski definition) is 0. The maximum atomic E-state index is 5.60. The van der Waals surface area contributed by atoms with E-state index in [0.29, 0.717) is 6.79 Å². The quantitative estimate of drug-likeness (QED) is 0.551. The molecular weight excluding hydrogens is 316 g/mol. The van der Waals surface area contributed by atoms with E-state index in [1.54, 1.807) is 0 Å². The van der Waals surface area contributed by atoms with E-state index < -0.39 is 0 Å². The Kier molecular flexibility index (Phi) is 3.34. The first-order valence-electron chi connectivity index (χ1n) is 8.51. The van der Waals surface area contributed by atoms with E-state index in [0.717, 1.165) is 11.5 Å². The molecule has 0 amide bonds. The molecule has 0 atom stereocenters. The molecule has 24 heavy (non-hydrogen) atoms. The highest BCUT2D eigenvalue weighted by molar-refractivity contribution is 7.20. The van der Waals surface area contributed by atoms with E-state index in [-0.39, 0.29) is 0 Å². The van der Waals surface area contributed by atoms with Gasteiger partial charge in [0.1, 0.15) is 0 Å². The molecule has 2 nitrogen and oxygen atoms in total. The van der Waals surface area contributed by atoms with Crippen molar-refractivity contribution in [1.29, 1.82) is 0 Å². The first-order chi connectivity index (χ1) is 11.9. The number of hydrogen-bond acceptors (Lipinski definition) is 3. The lowest BCUT2D eigenvalue weighted by Gasteiger charge is -2.14. The first-order valence-corrected chi connectivity index (χ1v) is 9.33. The van der Waals surface area contributed by atoms with Gasteiger partial charge in [-0.25, -0.2) is 0 Å². The van der Waals surface area contributed by atoms with Gasteiger partial charge in [-0.15, -0.1) is 11.3 Å². The van der Waals surface area contributed by atoms with Crippen LogP contribution in [0.2, 0.25) is 0 Å². The Bertz CT molecular complexity index is 952. The maximum Gasteiger partial charge on any atom is 0.231 e.